The van der Waals surface area contributed by atoms with Crippen molar-refractivity contribution < 1.29 is 24.3 Å². The second-order valence-electron chi connectivity index (χ2n) is 5.97. The summed E-state index contributed by atoms with van der Waals surface area (Å²) >= 11 is 0. The molecule has 28 heavy (non-hydrogen) atoms. The standard InChI is InChI=1S/C21H17NO6/c1-27-17-7-6-14-11-16(5-4-15(14)12-17)19(23)8-3-13-9-18(22(25)26)21(24)20(10-13)28-2/h3-12,24H,1-2H3. The Labute approximate surface area is 160 Å². The molecule has 3 aromatic carbocycles. The fraction of sp³-hybridized carbons (Fsp3) is 0.0952. The number of phenolic OH excluding ortho intramolecular Hbond substituents is 1. The largest absolute Gasteiger partial charge is 0.500 e. The van der Waals surface area contributed by atoms with E-state index < -0.39 is 16.4 Å². The number of ether oxygens (including phenoxy) is 2. The third-order valence-corrected chi connectivity index (χ3v) is 4.25. The Balaban J connectivity index is 1.90. The van der Waals surface area contributed by atoms with Gasteiger partial charge in [0.2, 0.25) is 5.75 Å². The highest BCUT2D eigenvalue weighted by Gasteiger charge is 2.19. The Morgan fingerprint density at radius 3 is 2.43 bits per heavy atom. The number of carbonyl (C=O) groups is 1. The molecule has 142 valence electrons. The van der Waals surface area contributed by atoms with Gasteiger partial charge < -0.3 is 14.6 Å². The lowest BCUT2D eigenvalue weighted by molar-refractivity contribution is -0.386. The Hall–Kier alpha value is -3.87. The zero-order valence-corrected chi connectivity index (χ0v) is 15.2. The van der Waals surface area contributed by atoms with E-state index in [1.165, 1.54) is 31.4 Å². The lowest BCUT2D eigenvalue weighted by Gasteiger charge is -2.05. The fourth-order valence-corrected chi connectivity index (χ4v) is 2.78. The molecule has 0 atom stereocenters. The van der Waals surface area contributed by atoms with E-state index in [0.717, 1.165) is 16.5 Å². The third-order valence-electron chi connectivity index (χ3n) is 4.25. The number of nitro benzene ring substituents is 1. The van der Waals surface area contributed by atoms with Gasteiger partial charge in [-0.1, -0.05) is 24.3 Å². The number of hydrogen-bond acceptors (Lipinski definition) is 6. The predicted octanol–water partition coefficient (Wildman–Crippen LogP) is 4.37. The zero-order valence-electron chi connectivity index (χ0n) is 15.2. The molecule has 0 aliphatic heterocycles. The van der Waals surface area contributed by atoms with Gasteiger partial charge >= 0.3 is 5.69 Å². The molecule has 0 heterocycles. The number of ketones is 1. The van der Waals surface area contributed by atoms with Gasteiger partial charge in [0.05, 0.1) is 19.1 Å². The number of benzene rings is 3. The van der Waals surface area contributed by atoms with Crippen LogP contribution >= 0.6 is 0 Å². The summed E-state index contributed by atoms with van der Waals surface area (Å²) in [5.74, 6) is -0.122. The van der Waals surface area contributed by atoms with Crippen LogP contribution in [0.1, 0.15) is 15.9 Å². The van der Waals surface area contributed by atoms with Crippen LogP contribution in [0, 0.1) is 10.1 Å². The van der Waals surface area contributed by atoms with Gasteiger partial charge in [-0.05, 0) is 46.7 Å². The number of nitrogens with zero attached hydrogens (tertiary/aromatic N) is 1. The highest BCUT2D eigenvalue weighted by Crippen LogP contribution is 2.37. The minimum atomic E-state index is -0.714. The number of rotatable bonds is 6. The van der Waals surface area contributed by atoms with Crippen molar-refractivity contribution in [3.05, 3.63) is 75.8 Å². The van der Waals surface area contributed by atoms with Crippen LogP contribution in [-0.2, 0) is 0 Å². The van der Waals surface area contributed by atoms with Crippen molar-refractivity contribution in [3.8, 4) is 17.2 Å². The van der Waals surface area contributed by atoms with E-state index in [4.69, 9.17) is 9.47 Å². The summed E-state index contributed by atoms with van der Waals surface area (Å²) < 4.78 is 10.1. The maximum atomic E-state index is 12.5. The number of nitro groups is 1. The molecule has 1 N–H and O–H groups in total. The van der Waals surface area contributed by atoms with Crippen LogP contribution in [0.3, 0.4) is 0 Å². The van der Waals surface area contributed by atoms with Crippen molar-refractivity contribution in [1.82, 2.24) is 0 Å². The van der Waals surface area contributed by atoms with Gasteiger partial charge in [-0.15, -0.1) is 0 Å². The van der Waals surface area contributed by atoms with Gasteiger partial charge in [0.25, 0.3) is 0 Å². The maximum absolute atomic E-state index is 12.5. The summed E-state index contributed by atoms with van der Waals surface area (Å²) in [6.07, 6.45) is 2.76. The summed E-state index contributed by atoms with van der Waals surface area (Å²) in [7, 11) is 2.88. The summed E-state index contributed by atoms with van der Waals surface area (Å²) in [6.45, 7) is 0. The number of hydrogen-bond donors (Lipinski definition) is 1. The number of fused-ring (bicyclic) bond motifs is 1. The summed E-state index contributed by atoms with van der Waals surface area (Å²) in [6, 6.07) is 13.4. The number of methoxy groups -OCH3 is 2. The van der Waals surface area contributed by atoms with E-state index >= 15 is 0 Å². The lowest BCUT2D eigenvalue weighted by atomic mass is 10.0. The van der Waals surface area contributed by atoms with Crippen molar-refractivity contribution in [3.63, 3.8) is 0 Å². The van der Waals surface area contributed by atoms with Crippen molar-refractivity contribution in [1.29, 1.82) is 0 Å². The molecular formula is C21H17NO6. The first-order valence-electron chi connectivity index (χ1n) is 8.28. The third kappa shape index (κ3) is 3.78. The van der Waals surface area contributed by atoms with Crippen LogP contribution in [0.5, 0.6) is 17.2 Å². The first-order valence-corrected chi connectivity index (χ1v) is 8.28. The average molecular weight is 379 g/mol. The molecule has 0 saturated heterocycles. The second kappa shape index (κ2) is 7.79. The first-order chi connectivity index (χ1) is 13.4. The quantitative estimate of drug-likeness (QED) is 0.296. The number of aromatic hydroxyl groups is 1. The van der Waals surface area contributed by atoms with Gasteiger partial charge in [0.15, 0.2) is 11.5 Å². The van der Waals surface area contributed by atoms with E-state index in [1.807, 2.05) is 24.3 Å². The maximum Gasteiger partial charge on any atom is 0.315 e. The van der Waals surface area contributed by atoms with E-state index in [9.17, 15) is 20.0 Å². The molecule has 3 rings (SSSR count). The summed E-state index contributed by atoms with van der Waals surface area (Å²) in [5, 5.41) is 22.7. The Bertz CT molecular complexity index is 1100. The molecule has 0 bridgehead atoms. The molecule has 0 radical (unpaired) electrons. The molecule has 0 aromatic heterocycles. The molecule has 0 unspecified atom stereocenters. The molecule has 0 saturated carbocycles. The topological polar surface area (TPSA) is 98.9 Å². The molecule has 0 fully saturated rings. The smallest absolute Gasteiger partial charge is 0.315 e. The molecule has 7 heteroatoms. The Morgan fingerprint density at radius 1 is 1.04 bits per heavy atom. The summed E-state index contributed by atoms with van der Waals surface area (Å²) in [4.78, 5) is 22.8. The molecule has 7 nitrogen and oxygen atoms in total. The van der Waals surface area contributed by atoms with Crippen molar-refractivity contribution in [2.75, 3.05) is 14.2 Å². The number of allylic oxidation sites excluding steroid dienone is 1. The first kappa shape index (κ1) is 18.9. The average Bonchev–Trinajstić information content (AvgIpc) is 2.71. The Kier molecular flexibility index (Phi) is 5.26. The molecular weight excluding hydrogens is 362 g/mol. The minimum Gasteiger partial charge on any atom is -0.500 e. The van der Waals surface area contributed by atoms with Gasteiger partial charge in [-0.2, -0.15) is 0 Å². The van der Waals surface area contributed by atoms with Crippen molar-refractivity contribution >= 4 is 28.3 Å². The molecule has 0 amide bonds. The highest BCUT2D eigenvalue weighted by atomic mass is 16.6. The Morgan fingerprint density at radius 2 is 1.75 bits per heavy atom. The zero-order chi connectivity index (χ0) is 20.3. The van der Waals surface area contributed by atoms with Crippen LogP contribution in [0.25, 0.3) is 16.8 Å². The normalized spacial score (nSPS) is 10.9. The van der Waals surface area contributed by atoms with E-state index in [-0.39, 0.29) is 11.5 Å². The fourth-order valence-electron chi connectivity index (χ4n) is 2.78. The number of phenols is 1. The second-order valence-corrected chi connectivity index (χ2v) is 5.97. The van der Waals surface area contributed by atoms with Crippen molar-refractivity contribution in [2.45, 2.75) is 0 Å². The van der Waals surface area contributed by atoms with Gasteiger partial charge in [-0.25, -0.2) is 0 Å². The van der Waals surface area contributed by atoms with Crippen molar-refractivity contribution in [2.24, 2.45) is 0 Å². The van der Waals surface area contributed by atoms with Gasteiger partial charge in [-0.3, -0.25) is 14.9 Å². The van der Waals surface area contributed by atoms with E-state index in [1.54, 1.807) is 19.2 Å². The van der Waals surface area contributed by atoms with E-state index in [0.29, 0.717) is 11.1 Å². The minimum absolute atomic E-state index is 0.0408. The monoisotopic (exact) mass is 379 g/mol. The van der Waals surface area contributed by atoms with Gasteiger partial charge in [0, 0.05) is 11.6 Å². The predicted molar refractivity (Wildman–Crippen MR) is 105 cm³/mol. The van der Waals surface area contributed by atoms with Crippen LogP contribution in [0.4, 0.5) is 5.69 Å². The van der Waals surface area contributed by atoms with E-state index in [2.05, 4.69) is 0 Å². The molecule has 3 aromatic rings. The van der Waals surface area contributed by atoms with Crippen LogP contribution in [-0.4, -0.2) is 30.0 Å². The lowest BCUT2D eigenvalue weighted by Crippen LogP contribution is -1.95. The SMILES string of the molecule is COc1ccc2cc(C(=O)C=Cc3cc(OC)c(O)c([N+](=O)[O-])c3)ccc2c1. The van der Waals surface area contributed by atoms with Gasteiger partial charge in [0.1, 0.15) is 5.75 Å². The highest BCUT2D eigenvalue weighted by molar-refractivity contribution is 6.08. The van der Waals surface area contributed by atoms with Crippen LogP contribution in [0.15, 0.2) is 54.6 Å². The molecule has 0 aliphatic rings. The molecule has 0 spiro atoms. The number of carbonyl (C=O) groups excluding carboxylic acids is 1. The summed E-state index contributed by atoms with van der Waals surface area (Å²) in [5.41, 5.74) is 0.348. The molecule has 0 aliphatic carbocycles. The van der Waals surface area contributed by atoms with Crippen LogP contribution in [0.2, 0.25) is 0 Å². The van der Waals surface area contributed by atoms with Crippen LogP contribution < -0.4 is 9.47 Å².